The molecule has 1 aliphatic rings. The SMILES string of the molecule is CS(=O)(=O)c1ccc2c(c1)CCCN2C(=O)/C=C/c1cc(Br)ccc1F. The zero-order valence-corrected chi connectivity index (χ0v) is 16.5. The van der Waals surface area contributed by atoms with Gasteiger partial charge in [-0.25, -0.2) is 12.8 Å². The van der Waals surface area contributed by atoms with Crippen LogP contribution in [0.15, 0.2) is 51.8 Å². The minimum atomic E-state index is -3.29. The van der Waals surface area contributed by atoms with E-state index >= 15 is 0 Å². The van der Waals surface area contributed by atoms with Crippen LogP contribution in [0, 0.1) is 5.82 Å². The van der Waals surface area contributed by atoms with Gasteiger partial charge in [-0.2, -0.15) is 0 Å². The topological polar surface area (TPSA) is 54.5 Å². The van der Waals surface area contributed by atoms with Gasteiger partial charge >= 0.3 is 0 Å². The number of fused-ring (bicyclic) bond motifs is 1. The number of amides is 1. The van der Waals surface area contributed by atoms with Crippen molar-refractivity contribution in [3.8, 4) is 0 Å². The second-order valence-electron chi connectivity index (χ2n) is 6.16. The molecule has 2 aromatic carbocycles. The lowest BCUT2D eigenvalue weighted by atomic mass is 10.0. The minimum absolute atomic E-state index is 0.247. The predicted octanol–water partition coefficient (Wildman–Crippen LogP) is 3.98. The summed E-state index contributed by atoms with van der Waals surface area (Å²) in [6.07, 6.45) is 5.40. The molecule has 0 aliphatic carbocycles. The molecule has 1 aliphatic heterocycles. The van der Waals surface area contributed by atoms with Gasteiger partial charge in [-0.1, -0.05) is 15.9 Å². The molecule has 4 nitrogen and oxygen atoms in total. The number of sulfone groups is 1. The molecule has 7 heteroatoms. The van der Waals surface area contributed by atoms with E-state index in [0.29, 0.717) is 24.2 Å². The van der Waals surface area contributed by atoms with Crippen molar-refractivity contribution in [2.24, 2.45) is 0 Å². The molecule has 0 atom stereocenters. The fourth-order valence-electron chi connectivity index (χ4n) is 2.93. The quantitative estimate of drug-likeness (QED) is 0.682. The van der Waals surface area contributed by atoms with Crippen molar-refractivity contribution in [2.75, 3.05) is 17.7 Å². The molecule has 3 rings (SSSR count). The highest BCUT2D eigenvalue weighted by Gasteiger charge is 2.22. The summed E-state index contributed by atoms with van der Waals surface area (Å²) in [5.74, 6) is -0.675. The molecule has 0 saturated heterocycles. The van der Waals surface area contributed by atoms with E-state index in [-0.39, 0.29) is 10.8 Å². The van der Waals surface area contributed by atoms with Gasteiger partial charge in [0.05, 0.1) is 4.90 Å². The summed E-state index contributed by atoms with van der Waals surface area (Å²) in [7, 11) is -3.29. The molecule has 26 heavy (non-hydrogen) atoms. The second kappa shape index (κ2) is 7.32. The van der Waals surface area contributed by atoms with Crippen LogP contribution in [0.5, 0.6) is 0 Å². The van der Waals surface area contributed by atoms with Crippen LogP contribution in [-0.2, 0) is 21.1 Å². The van der Waals surface area contributed by atoms with Gasteiger partial charge in [0.2, 0.25) is 0 Å². The molecular formula is C19H17BrFNO3S. The third-order valence-corrected chi connectivity index (χ3v) is 5.83. The number of carbonyl (C=O) groups excluding carboxylic acids is 1. The molecule has 0 saturated carbocycles. The number of anilines is 1. The number of hydrogen-bond acceptors (Lipinski definition) is 3. The van der Waals surface area contributed by atoms with Crippen LogP contribution in [0.3, 0.4) is 0 Å². The fraction of sp³-hybridized carbons (Fsp3) is 0.211. The smallest absolute Gasteiger partial charge is 0.250 e. The van der Waals surface area contributed by atoms with E-state index in [0.717, 1.165) is 22.7 Å². The number of benzene rings is 2. The molecule has 1 heterocycles. The van der Waals surface area contributed by atoms with Crippen LogP contribution in [0.4, 0.5) is 10.1 Å². The zero-order valence-electron chi connectivity index (χ0n) is 14.1. The molecule has 0 radical (unpaired) electrons. The first-order valence-corrected chi connectivity index (χ1v) is 10.7. The average Bonchev–Trinajstić information content (AvgIpc) is 2.60. The normalized spacial score (nSPS) is 14.5. The molecule has 0 fully saturated rings. The van der Waals surface area contributed by atoms with Crippen molar-refractivity contribution >= 4 is 43.4 Å². The number of aryl methyl sites for hydroxylation is 1. The van der Waals surface area contributed by atoms with Crippen molar-refractivity contribution in [3.05, 3.63) is 63.9 Å². The predicted molar refractivity (Wildman–Crippen MR) is 103 cm³/mol. The highest BCUT2D eigenvalue weighted by molar-refractivity contribution is 9.10. The number of halogens is 2. The van der Waals surface area contributed by atoms with E-state index in [2.05, 4.69) is 15.9 Å². The van der Waals surface area contributed by atoms with E-state index in [4.69, 9.17) is 0 Å². The molecular weight excluding hydrogens is 421 g/mol. The third-order valence-electron chi connectivity index (χ3n) is 4.23. The van der Waals surface area contributed by atoms with Crippen LogP contribution >= 0.6 is 15.9 Å². The summed E-state index contributed by atoms with van der Waals surface area (Å²) < 4.78 is 38.0. The average molecular weight is 438 g/mol. The number of hydrogen-bond donors (Lipinski definition) is 0. The van der Waals surface area contributed by atoms with Crippen LogP contribution in [-0.4, -0.2) is 27.1 Å². The Morgan fingerprint density at radius 3 is 2.73 bits per heavy atom. The Labute approximate surface area is 160 Å². The monoisotopic (exact) mass is 437 g/mol. The first-order valence-electron chi connectivity index (χ1n) is 8.03. The van der Waals surface area contributed by atoms with E-state index in [1.165, 1.54) is 24.3 Å². The van der Waals surface area contributed by atoms with Crippen molar-refractivity contribution in [2.45, 2.75) is 17.7 Å². The van der Waals surface area contributed by atoms with Crippen molar-refractivity contribution in [3.63, 3.8) is 0 Å². The molecule has 0 aromatic heterocycles. The molecule has 1 amide bonds. The van der Waals surface area contributed by atoms with Crippen molar-refractivity contribution < 1.29 is 17.6 Å². The van der Waals surface area contributed by atoms with Crippen molar-refractivity contribution in [1.29, 1.82) is 0 Å². The Kier molecular flexibility index (Phi) is 5.29. The van der Waals surface area contributed by atoms with Gasteiger partial charge in [-0.3, -0.25) is 4.79 Å². The highest BCUT2D eigenvalue weighted by atomic mass is 79.9. The Morgan fingerprint density at radius 2 is 2.00 bits per heavy atom. The highest BCUT2D eigenvalue weighted by Crippen LogP contribution is 2.30. The molecule has 0 spiro atoms. The fourth-order valence-corrected chi connectivity index (χ4v) is 3.98. The third kappa shape index (κ3) is 4.04. The van der Waals surface area contributed by atoms with Crippen LogP contribution in [0.1, 0.15) is 17.5 Å². The molecule has 136 valence electrons. The Balaban J connectivity index is 1.88. The number of carbonyl (C=O) groups is 1. The van der Waals surface area contributed by atoms with Crippen LogP contribution < -0.4 is 4.90 Å². The summed E-state index contributed by atoms with van der Waals surface area (Å²) in [6.45, 7) is 0.537. The van der Waals surface area contributed by atoms with Gasteiger partial charge < -0.3 is 4.90 Å². The molecule has 0 unspecified atom stereocenters. The van der Waals surface area contributed by atoms with Gasteiger partial charge in [0.15, 0.2) is 9.84 Å². The van der Waals surface area contributed by atoms with Gasteiger partial charge in [0, 0.05) is 34.6 Å². The zero-order chi connectivity index (χ0) is 18.9. The summed E-state index contributed by atoms with van der Waals surface area (Å²) in [5.41, 5.74) is 1.85. The Morgan fingerprint density at radius 1 is 1.23 bits per heavy atom. The number of rotatable bonds is 3. The summed E-state index contributed by atoms with van der Waals surface area (Å²) >= 11 is 3.28. The van der Waals surface area contributed by atoms with Gasteiger partial charge in [-0.15, -0.1) is 0 Å². The molecule has 0 bridgehead atoms. The number of nitrogens with zero attached hydrogens (tertiary/aromatic N) is 1. The lowest BCUT2D eigenvalue weighted by Crippen LogP contribution is -2.34. The Bertz CT molecular complexity index is 1000. The van der Waals surface area contributed by atoms with Crippen molar-refractivity contribution in [1.82, 2.24) is 0 Å². The lowest BCUT2D eigenvalue weighted by molar-refractivity contribution is -0.114. The summed E-state index contributed by atoms with van der Waals surface area (Å²) in [4.78, 5) is 14.4. The maximum absolute atomic E-state index is 13.8. The maximum Gasteiger partial charge on any atom is 0.250 e. The lowest BCUT2D eigenvalue weighted by Gasteiger charge is -2.29. The first-order chi connectivity index (χ1) is 12.3. The van der Waals surface area contributed by atoms with Gasteiger partial charge in [0.25, 0.3) is 5.91 Å². The minimum Gasteiger partial charge on any atom is -0.309 e. The van der Waals surface area contributed by atoms with E-state index in [1.807, 2.05) is 0 Å². The molecule has 0 N–H and O–H groups in total. The molecule has 2 aromatic rings. The van der Waals surface area contributed by atoms with E-state index < -0.39 is 15.7 Å². The van der Waals surface area contributed by atoms with Crippen LogP contribution in [0.2, 0.25) is 0 Å². The standard InChI is InChI=1S/C19H17BrFNO3S/c1-26(24,25)16-6-8-18-14(12-16)3-2-10-22(18)19(23)9-4-13-11-15(20)5-7-17(13)21/h4-9,11-12H,2-3,10H2,1H3/b9-4+. The maximum atomic E-state index is 13.8. The second-order valence-corrected chi connectivity index (χ2v) is 9.09. The first kappa shape index (κ1) is 18.8. The Hall–Kier alpha value is -1.99. The van der Waals surface area contributed by atoms with Crippen LogP contribution in [0.25, 0.3) is 6.08 Å². The van der Waals surface area contributed by atoms with E-state index in [1.54, 1.807) is 29.2 Å². The largest absolute Gasteiger partial charge is 0.309 e. The summed E-state index contributed by atoms with van der Waals surface area (Å²) in [5, 5.41) is 0. The van der Waals surface area contributed by atoms with E-state index in [9.17, 15) is 17.6 Å². The van der Waals surface area contributed by atoms with Gasteiger partial charge in [-0.05, 0) is 60.9 Å². The van der Waals surface area contributed by atoms with Gasteiger partial charge in [0.1, 0.15) is 5.82 Å². The summed E-state index contributed by atoms with van der Waals surface area (Å²) in [6, 6.07) is 9.32.